The minimum absolute atomic E-state index is 0.0194. The molecule has 6 nitrogen and oxygen atoms in total. The molecule has 0 spiro atoms. The van der Waals surface area contributed by atoms with Crippen molar-refractivity contribution in [3.8, 4) is 11.5 Å². The van der Waals surface area contributed by atoms with Gasteiger partial charge in [-0.25, -0.2) is 0 Å². The van der Waals surface area contributed by atoms with E-state index in [9.17, 15) is 4.79 Å². The number of benzene rings is 2. The number of hydrogen-bond acceptors (Lipinski definition) is 5. The quantitative estimate of drug-likeness (QED) is 0.600. The summed E-state index contributed by atoms with van der Waals surface area (Å²) in [5.74, 6) is 1.00. The molecule has 0 fully saturated rings. The fourth-order valence-corrected chi connectivity index (χ4v) is 4.07. The van der Waals surface area contributed by atoms with Gasteiger partial charge in [-0.1, -0.05) is 48.9 Å². The first-order valence-corrected chi connectivity index (χ1v) is 11.1. The molecule has 0 bridgehead atoms. The highest BCUT2D eigenvalue weighted by molar-refractivity contribution is 5.76. The van der Waals surface area contributed by atoms with Crippen LogP contribution in [0.15, 0.2) is 52.9 Å². The Morgan fingerprint density at radius 1 is 1.13 bits per heavy atom. The van der Waals surface area contributed by atoms with Gasteiger partial charge < -0.3 is 9.73 Å². The van der Waals surface area contributed by atoms with Gasteiger partial charge in [-0.2, -0.15) is 0 Å². The first-order chi connectivity index (χ1) is 15.1. The highest BCUT2D eigenvalue weighted by atomic mass is 16.4. The molecule has 162 valence electrons. The van der Waals surface area contributed by atoms with Gasteiger partial charge in [-0.15, -0.1) is 10.2 Å². The standard InChI is InChI=1S/C25H30N4O2/c1-3-22(29-15-14-19-6-4-5-7-21(19)17-29)16-26-23(30)12-13-24-27-28-25(31-24)20-10-8-18(2)9-11-20/h4-11,22H,3,12-17H2,1-2H3,(H,26,30). The normalized spacial score (nSPS) is 14.8. The number of carbonyl (C=O) groups excluding carboxylic acids is 1. The molecule has 1 unspecified atom stereocenters. The number of hydrogen-bond donors (Lipinski definition) is 1. The van der Waals surface area contributed by atoms with E-state index in [1.807, 2.05) is 31.2 Å². The van der Waals surface area contributed by atoms with Gasteiger partial charge in [0.05, 0.1) is 0 Å². The first-order valence-electron chi connectivity index (χ1n) is 11.1. The fourth-order valence-electron chi connectivity index (χ4n) is 4.07. The third-order valence-electron chi connectivity index (χ3n) is 6.01. The van der Waals surface area contributed by atoms with Crippen LogP contribution in [-0.2, 0) is 24.2 Å². The number of aryl methyl sites for hydroxylation is 2. The summed E-state index contributed by atoms with van der Waals surface area (Å²) in [6, 6.07) is 16.9. The SMILES string of the molecule is CCC(CNC(=O)CCc1nnc(-c2ccc(C)cc2)o1)N1CCc2ccccc2C1. The van der Waals surface area contributed by atoms with E-state index >= 15 is 0 Å². The largest absolute Gasteiger partial charge is 0.421 e. The van der Waals surface area contributed by atoms with Gasteiger partial charge >= 0.3 is 0 Å². The van der Waals surface area contributed by atoms with Crippen LogP contribution in [0.25, 0.3) is 11.5 Å². The summed E-state index contributed by atoms with van der Waals surface area (Å²) in [6.45, 7) is 6.87. The predicted octanol–water partition coefficient (Wildman–Crippen LogP) is 3.93. The molecule has 1 atom stereocenters. The van der Waals surface area contributed by atoms with Crippen molar-refractivity contribution in [3.63, 3.8) is 0 Å². The van der Waals surface area contributed by atoms with Gasteiger partial charge in [0.1, 0.15) is 0 Å². The van der Waals surface area contributed by atoms with Crippen molar-refractivity contribution in [1.29, 1.82) is 0 Å². The number of aromatic nitrogens is 2. The Balaban J connectivity index is 1.25. The lowest BCUT2D eigenvalue weighted by molar-refractivity contribution is -0.121. The van der Waals surface area contributed by atoms with Gasteiger partial charge in [0.25, 0.3) is 0 Å². The van der Waals surface area contributed by atoms with Crippen LogP contribution in [-0.4, -0.2) is 40.1 Å². The summed E-state index contributed by atoms with van der Waals surface area (Å²) < 4.78 is 5.72. The zero-order valence-corrected chi connectivity index (χ0v) is 18.3. The van der Waals surface area contributed by atoms with Gasteiger partial charge in [0.15, 0.2) is 0 Å². The number of amides is 1. The lowest BCUT2D eigenvalue weighted by Crippen LogP contribution is -2.45. The van der Waals surface area contributed by atoms with Crippen molar-refractivity contribution in [2.75, 3.05) is 13.1 Å². The Morgan fingerprint density at radius 2 is 1.90 bits per heavy atom. The molecule has 0 aliphatic carbocycles. The lowest BCUT2D eigenvalue weighted by atomic mass is 9.98. The van der Waals surface area contributed by atoms with Crippen molar-refractivity contribution in [3.05, 3.63) is 71.1 Å². The molecule has 1 aliphatic rings. The molecular formula is C25H30N4O2. The van der Waals surface area contributed by atoms with Gasteiger partial charge in [0.2, 0.25) is 17.7 Å². The highest BCUT2D eigenvalue weighted by Gasteiger charge is 2.22. The average Bonchev–Trinajstić information content (AvgIpc) is 3.27. The topological polar surface area (TPSA) is 71.3 Å². The number of carbonyl (C=O) groups is 1. The van der Waals surface area contributed by atoms with Crippen LogP contribution >= 0.6 is 0 Å². The zero-order chi connectivity index (χ0) is 21.6. The Hall–Kier alpha value is -2.99. The molecule has 4 rings (SSSR count). The highest BCUT2D eigenvalue weighted by Crippen LogP contribution is 2.21. The molecule has 6 heteroatoms. The predicted molar refractivity (Wildman–Crippen MR) is 120 cm³/mol. The monoisotopic (exact) mass is 418 g/mol. The smallest absolute Gasteiger partial charge is 0.247 e. The Kier molecular flexibility index (Phi) is 6.77. The van der Waals surface area contributed by atoms with Crippen LogP contribution < -0.4 is 5.32 Å². The van der Waals surface area contributed by atoms with Crippen LogP contribution in [0, 0.1) is 6.92 Å². The summed E-state index contributed by atoms with van der Waals surface area (Å²) in [7, 11) is 0. The maximum atomic E-state index is 12.4. The summed E-state index contributed by atoms with van der Waals surface area (Å²) in [6.07, 6.45) is 2.86. The van der Waals surface area contributed by atoms with E-state index in [4.69, 9.17) is 4.42 Å². The number of rotatable bonds is 8. The molecule has 0 saturated carbocycles. The third-order valence-corrected chi connectivity index (χ3v) is 6.01. The fraction of sp³-hybridized carbons (Fsp3) is 0.400. The second-order valence-corrected chi connectivity index (χ2v) is 8.22. The molecule has 1 aromatic heterocycles. The van der Waals surface area contributed by atoms with Crippen molar-refractivity contribution in [1.82, 2.24) is 20.4 Å². The molecule has 2 aromatic carbocycles. The Labute approximate surface area is 183 Å². The van der Waals surface area contributed by atoms with Crippen molar-refractivity contribution >= 4 is 5.91 Å². The molecule has 31 heavy (non-hydrogen) atoms. The minimum Gasteiger partial charge on any atom is -0.421 e. The summed E-state index contributed by atoms with van der Waals surface area (Å²) in [4.78, 5) is 14.9. The maximum absolute atomic E-state index is 12.4. The van der Waals surface area contributed by atoms with Crippen LogP contribution in [0.5, 0.6) is 0 Å². The van der Waals surface area contributed by atoms with Crippen LogP contribution in [0.2, 0.25) is 0 Å². The van der Waals surface area contributed by atoms with Crippen LogP contribution in [0.1, 0.15) is 42.3 Å². The lowest BCUT2D eigenvalue weighted by Gasteiger charge is -2.35. The Morgan fingerprint density at radius 3 is 2.68 bits per heavy atom. The van der Waals surface area contributed by atoms with Crippen LogP contribution in [0.3, 0.4) is 0 Å². The molecule has 0 saturated heterocycles. The Bertz CT molecular complexity index is 1010. The molecule has 1 amide bonds. The van der Waals surface area contributed by atoms with E-state index in [1.54, 1.807) is 0 Å². The molecule has 1 aliphatic heterocycles. The molecule has 2 heterocycles. The average molecular weight is 419 g/mol. The summed E-state index contributed by atoms with van der Waals surface area (Å²) in [5, 5.41) is 11.3. The minimum atomic E-state index is 0.0194. The number of fused-ring (bicyclic) bond motifs is 1. The summed E-state index contributed by atoms with van der Waals surface area (Å²) >= 11 is 0. The molecule has 1 N–H and O–H groups in total. The maximum Gasteiger partial charge on any atom is 0.247 e. The molecular weight excluding hydrogens is 388 g/mol. The number of nitrogens with zero attached hydrogens (tertiary/aromatic N) is 3. The molecule has 0 radical (unpaired) electrons. The van der Waals surface area contributed by atoms with Crippen LogP contribution in [0.4, 0.5) is 0 Å². The van der Waals surface area contributed by atoms with Crippen molar-refractivity contribution in [2.45, 2.75) is 52.1 Å². The van der Waals surface area contributed by atoms with E-state index in [0.717, 1.165) is 31.5 Å². The van der Waals surface area contributed by atoms with Gasteiger partial charge in [-0.3, -0.25) is 9.69 Å². The van der Waals surface area contributed by atoms with E-state index in [1.165, 1.54) is 16.7 Å². The zero-order valence-electron chi connectivity index (χ0n) is 18.3. The van der Waals surface area contributed by atoms with E-state index in [0.29, 0.717) is 37.2 Å². The first kappa shape index (κ1) is 21.2. The number of nitrogens with one attached hydrogen (secondary N) is 1. The second-order valence-electron chi connectivity index (χ2n) is 8.22. The molecule has 3 aromatic rings. The van der Waals surface area contributed by atoms with E-state index in [2.05, 4.69) is 51.6 Å². The van der Waals surface area contributed by atoms with Crippen molar-refractivity contribution in [2.24, 2.45) is 0 Å². The van der Waals surface area contributed by atoms with Gasteiger partial charge in [-0.05, 0) is 43.0 Å². The van der Waals surface area contributed by atoms with E-state index < -0.39 is 0 Å². The van der Waals surface area contributed by atoms with Gasteiger partial charge in [0, 0.05) is 44.1 Å². The second kappa shape index (κ2) is 9.88. The third kappa shape index (κ3) is 5.39. The summed E-state index contributed by atoms with van der Waals surface area (Å²) in [5.41, 5.74) is 4.92. The van der Waals surface area contributed by atoms with E-state index in [-0.39, 0.29) is 5.91 Å². The van der Waals surface area contributed by atoms with Crippen molar-refractivity contribution < 1.29 is 9.21 Å².